The summed E-state index contributed by atoms with van der Waals surface area (Å²) in [6.45, 7) is 4.03. The van der Waals surface area contributed by atoms with Crippen molar-refractivity contribution in [3.8, 4) is 0 Å². The maximum atomic E-state index is 5.86. The molecule has 3 nitrogen and oxygen atoms in total. The van der Waals surface area contributed by atoms with Crippen LogP contribution in [0.5, 0.6) is 0 Å². The first kappa shape index (κ1) is 8.43. The van der Waals surface area contributed by atoms with Crippen molar-refractivity contribution in [2.24, 2.45) is 5.73 Å². The van der Waals surface area contributed by atoms with E-state index in [1.165, 1.54) is 0 Å². The molecule has 0 unspecified atom stereocenters. The molecule has 1 rings (SSSR count). The van der Waals surface area contributed by atoms with E-state index in [-0.39, 0.29) is 0 Å². The average Bonchev–Trinajstić information content (AvgIpc) is 1.96. The number of nitrogens with two attached hydrogens (primary N) is 1. The molecule has 2 N–H and O–H groups in total. The molecule has 0 bridgehead atoms. The van der Waals surface area contributed by atoms with Crippen LogP contribution in [0.25, 0.3) is 0 Å². The van der Waals surface area contributed by atoms with Crippen molar-refractivity contribution in [2.75, 3.05) is 0 Å². The lowest BCUT2D eigenvalue weighted by atomic mass is 10.3. The molecule has 0 amide bonds. The Morgan fingerprint density at radius 1 is 1.36 bits per heavy atom. The number of aryl methyl sites for hydroxylation is 2. The maximum Gasteiger partial charge on any atom is 0.125 e. The Morgan fingerprint density at radius 2 is 2.00 bits per heavy atom. The van der Waals surface area contributed by atoms with Gasteiger partial charge in [-0.2, -0.15) is 0 Å². The van der Waals surface area contributed by atoms with Crippen LogP contribution in [-0.4, -0.2) is 9.97 Å². The number of rotatable bonds is 1. The highest BCUT2D eigenvalue weighted by Gasteiger charge is 2.04. The van der Waals surface area contributed by atoms with Gasteiger partial charge in [0, 0.05) is 6.54 Å². The van der Waals surface area contributed by atoms with Crippen LogP contribution in [0, 0.1) is 13.8 Å². The molecule has 0 aliphatic carbocycles. The van der Waals surface area contributed by atoms with Gasteiger partial charge >= 0.3 is 0 Å². The van der Waals surface area contributed by atoms with Gasteiger partial charge in [0.1, 0.15) is 5.82 Å². The molecule has 11 heavy (non-hydrogen) atoms. The smallest absolute Gasteiger partial charge is 0.125 e. The Labute approximate surface area is 70.6 Å². The van der Waals surface area contributed by atoms with Crippen LogP contribution in [0.15, 0.2) is 0 Å². The standard InChI is InChI=1S/C7H10ClN3/c1-4-7(8)6(3-9)11-5(2)10-4/h3,9H2,1-2H3. The summed E-state index contributed by atoms with van der Waals surface area (Å²) in [5, 5.41) is 0.582. The highest BCUT2D eigenvalue weighted by atomic mass is 35.5. The first-order valence-corrected chi connectivity index (χ1v) is 3.72. The van der Waals surface area contributed by atoms with E-state index in [1.54, 1.807) is 0 Å². The summed E-state index contributed by atoms with van der Waals surface area (Å²) in [6, 6.07) is 0. The monoisotopic (exact) mass is 171 g/mol. The zero-order chi connectivity index (χ0) is 8.43. The maximum absolute atomic E-state index is 5.86. The molecule has 0 atom stereocenters. The highest BCUT2D eigenvalue weighted by Crippen LogP contribution is 2.16. The first-order chi connectivity index (χ1) is 5.15. The third kappa shape index (κ3) is 1.67. The second kappa shape index (κ2) is 3.15. The predicted molar refractivity (Wildman–Crippen MR) is 44.4 cm³/mol. The molecule has 0 spiro atoms. The van der Waals surface area contributed by atoms with Crippen molar-refractivity contribution < 1.29 is 0 Å². The fourth-order valence-electron chi connectivity index (χ4n) is 0.905. The van der Waals surface area contributed by atoms with Crippen LogP contribution < -0.4 is 5.73 Å². The summed E-state index contributed by atoms with van der Waals surface area (Å²) < 4.78 is 0. The molecule has 1 aromatic rings. The van der Waals surface area contributed by atoms with Gasteiger partial charge in [-0.15, -0.1) is 0 Å². The first-order valence-electron chi connectivity index (χ1n) is 3.35. The van der Waals surface area contributed by atoms with Gasteiger partial charge in [0.15, 0.2) is 0 Å². The van der Waals surface area contributed by atoms with E-state index in [4.69, 9.17) is 17.3 Å². The van der Waals surface area contributed by atoms with E-state index < -0.39 is 0 Å². The summed E-state index contributed by atoms with van der Waals surface area (Å²) in [5.41, 5.74) is 6.92. The Kier molecular flexibility index (Phi) is 2.42. The Balaban J connectivity index is 3.24. The third-order valence-electron chi connectivity index (χ3n) is 1.39. The highest BCUT2D eigenvalue weighted by molar-refractivity contribution is 6.31. The van der Waals surface area contributed by atoms with Crippen LogP contribution in [0.1, 0.15) is 17.2 Å². The van der Waals surface area contributed by atoms with Crippen LogP contribution in [0.2, 0.25) is 5.02 Å². The van der Waals surface area contributed by atoms with Gasteiger partial charge in [-0.1, -0.05) is 11.6 Å². The molecule has 1 aromatic heterocycles. The van der Waals surface area contributed by atoms with Crippen molar-refractivity contribution in [1.29, 1.82) is 0 Å². The fourth-order valence-corrected chi connectivity index (χ4v) is 1.07. The van der Waals surface area contributed by atoms with Crippen molar-refractivity contribution in [3.63, 3.8) is 0 Å². The lowest BCUT2D eigenvalue weighted by molar-refractivity contribution is 0.908. The van der Waals surface area contributed by atoms with E-state index in [9.17, 15) is 0 Å². The van der Waals surface area contributed by atoms with Gasteiger partial charge in [-0.3, -0.25) is 0 Å². The van der Waals surface area contributed by atoms with Gasteiger partial charge in [-0.25, -0.2) is 9.97 Å². The molecular formula is C7H10ClN3. The van der Waals surface area contributed by atoms with Gasteiger partial charge in [0.25, 0.3) is 0 Å². The molecule has 0 saturated carbocycles. The van der Waals surface area contributed by atoms with Gasteiger partial charge in [0.05, 0.1) is 16.4 Å². The van der Waals surface area contributed by atoms with Crippen molar-refractivity contribution in [2.45, 2.75) is 20.4 Å². The fraction of sp³-hybridized carbons (Fsp3) is 0.429. The van der Waals surface area contributed by atoms with Crippen LogP contribution >= 0.6 is 11.6 Å². The molecule has 0 aliphatic rings. The average molecular weight is 172 g/mol. The SMILES string of the molecule is Cc1nc(C)c(Cl)c(CN)n1. The van der Waals surface area contributed by atoms with Gasteiger partial charge in [-0.05, 0) is 13.8 Å². The Hall–Kier alpha value is -0.670. The molecule has 0 radical (unpaired) electrons. The quantitative estimate of drug-likeness (QED) is 0.691. The minimum Gasteiger partial charge on any atom is -0.325 e. The largest absolute Gasteiger partial charge is 0.325 e. The van der Waals surface area contributed by atoms with Crippen LogP contribution in [-0.2, 0) is 6.54 Å². The molecule has 0 aromatic carbocycles. The third-order valence-corrected chi connectivity index (χ3v) is 1.88. The normalized spacial score (nSPS) is 10.2. The topological polar surface area (TPSA) is 51.8 Å². The molecule has 0 saturated heterocycles. The summed E-state index contributed by atoms with van der Waals surface area (Å²) in [4.78, 5) is 8.17. The minimum atomic E-state index is 0.364. The number of hydrogen-bond acceptors (Lipinski definition) is 3. The van der Waals surface area contributed by atoms with Gasteiger partial charge in [0.2, 0.25) is 0 Å². The number of aromatic nitrogens is 2. The van der Waals surface area contributed by atoms with Crippen molar-refractivity contribution >= 4 is 11.6 Å². The zero-order valence-electron chi connectivity index (χ0n) is 6.56. The molecular weight excluding hydrogens is 162 g/mol. The number of halogens is 1. The summed E-state index contributed by atoms with van der Waals surface area (Å²) in [5.74, 6) is 0.715. The second-order valence-corrected chi connectivity index (χ2v) is 2.70. The van der Waals surface area contributed by atoms with Crippen molar-refractivity contribution in [3.05, 3.63) is 22.2 Å². The van der Waals surface area contributed by atoms with E-state index in [0.717, 1.165) is 11.4 Å². The van der Waals surface area contributed by atoms with E-state index >= 15 is 0 Å². The lowest BCUT2D eigenvalue weighted by Gasteiger charge is -2.03. The van der Waals surface area contributed by atoms with Crippen LogP contribution in [0.4, 0.5) is 0 Å². The Morgan fingerprint density at radius 3 is 2.55 bits per heavy atom. The molecule has 0 fully saturated rings. The molecule has 1 heterocycles. The molecule has 0 aliphatic heterocycles. The summed E-state index contributed by atoms with van der Waals surface area (Å²) in [6.07, 6.45) is 0. The van der Waals surface area contributed by atoms with Crippen LogP contribution in [0.3, 0.4) is 0 Å². The zero-order valence-corrected chi connectivity index (χ0v) is 7.31. The summed E-state index contributed by atoms with van der Waals surface area (Å²) in [7, 11) is 0. The lowest BCUT2D eigenvalue weighted by Crippen LogP contribution is -2.05. The predicted octanol–water partition coefficient (Wildman–Crippen LogP) is 1.21. The number of hydrogen-bond donors (Lipinski definition) is 1. The molecule has 60 valence electrons. The van der Waals surface area contributed by atoms with E-state index in [1.807, 2.05) is 13.8 Å². The van der Waals surface area contributed by atoms with Gasteiger partial charge < -0.3 is 5.73 Å². The number of nitrogens with zero attached hydrogens (tertiary/aromatic N) is 2. The minimum absolute atomic E-state index is 0.364. The van der Waals surface area contributed by atoms with E-state index in [0.29, 0.717) is 17.4 Å². The molecule has 4 heteroatoms. The summed E-state index contributed by atoms with van der Waals surface area (Å²) >= 11 is 5.86. The Bertz CT molecular complexity index is 273. The van der Waals surface area contributed by atoms with E-state index in [2.05, 4.69) is 9.97 Å². The van der Waals surface area contributed by atoms with Crippen molar-refractivity contribution in [1.82, 2.24) is 9.97 Å². The second-order valence-electron chi connectivity index (χ2n) is 2.32.